The first-order valence-electron chi connectivity index (χ1n) is 3.95. The molecule has 0 radical (unpaired) electrons. The van der Waals surface area contributed by atoms with E-state index in [-0.39, 0.29) is 0 Å². The topological polar surface area (TPSA) is 21.3 Å². The van der Waals surface area contributed by atoms with Crippen molar-refractivity contribution in [1.82, 2.24) is 4.84 Å². The van der Waals surface area contributed by atoms with Crippen molar-refractivity contribution in [3.63, 3.8) is 0 Å². The summed E-state index contributed by atoms with van der Waals surface area (Å²) in [5.41, 5.74) is 0. The summed E-state index contributed by atoms with van der Waals surface area (Å²) >= 11 is 5.28. The minimum Gasteiger partial charge on any atom is -0.494 e. The van der Waals surface area contributed by atoms with E-state index in [1.165, 1.54) is 0 Å². The second-order valence-electron chi connectivity index (χ2n) is 2.40. The Kier molecular flexibility index (Phi) is 4.57. The van der Waals surface area contributed by atoms with Crippen molar-refractivity contribution in [3.8, 4) is 5.75 Å². The molecule has 0 amide bonds. The molecule has 0 saturated heterocycles. The number of para-hydroxylation sites is 1. The third-order valence-corrected chi connectivity index (χ3v) is 1.62. The second-order valence-corrected chi connectivity index (χ2v) is 2.67. The largest absolute Gasteiger partial charge is 0.494 e. The van der Waals surface area contributed by atoms with E-state index in [2.05, 4.69) is 4.84 Å². The summed E-state index contributed by atoms with van der Waals surface area (Å²) in [5, 5.41) is 0. The number of rotatable bonds is 5. The molecule has 0 unspecified atom stereocenters. The highest BCUT2D eigenvalue weighted by Gasteiger charge is 1.89. The monoisotopic (exact) mass is 185 g/mol. The van der Waals surface area contributed by atoms with E-state index in [9.17, 15) is 0 Å². The summed E-state index contributed by atoms with van der Waals surface area (Å²) in [6, 6.07) is 9.75. The Morgan fingerprint density at radius 3 is 2.67 bits per heavy atom. The van der Waals surface area contributed by atoms with Gasteiger partial charge in [0, 0.05) is 6.54 Å². The third kappa shape index (κ3) is 3.60. The fraction of sp³-hybridized carbons (Fsp3) is 0.333. The zero-order valence-corrected chi connectivity index (χ0v) is 7.55. The lowest BCUT2D eigenvalue weighted by Gasteiger charge is -2.03. The van der Waals surface area contributed by atoms with Gasteiger partial charge in [-0.3, -0.25) is 0 Å². The molecular weight excluding hydrogens is 174 g/mol. The molecule has 0 bridgehead atoms. The van der Waals surface area contributed by atoms with E-state index < -0.39 is 0 Å². The van der Waals surface area contributed by atoms with Crippen LogP contribution in [0.25, 0.3) is 0 Å². The molecule has 1 N–H and O–H groups in total. The number of hydrogen-bond donors (Lipinski definition) is 1. The number of benzene rings is 1. The number of halogens is 1. The molecule has 1 aromatic rings. The van der Waals surface area contributed by atoms with Crippen molar-refractivity contribution in [2.45, 2.75) is 6.42 Å². The van der Waals surface area contributed by atoms with Gasteiger partial charge >= 0.3 is 0 Å². The molecule has 0 atom stereocenters. The summed E-state index contributed by atoms with van der Waals surface area (Å²) in [6.07, 6.45) is 0.915. The average Bonchev–Trinajstić information content (AvgIpc) is 2.14. The average molecular weight is 186 g/mol. The van der Waals surface area contributed by atoms with Crippen LogP contribution in [0.3, 0.4) is 0 Å². The highest BCUT2D eigenvalue weighted by atomic mass is 35.5. The normalized spacial score (nSPS) is 9.75. The lowest BCUT2D eigenvalue weighted by Crippen LogP contribution is -2.06. The number of hydrogen-bond acceptors (Lipinski definition) is 2. The Hall–Kier alpha value is -0.730. The van der Waals surface area contributed by atoms with E-state index in [0.717, 1.165) is 18.7 Å². The first-order valence-corrected chi connectivity index (χ1v) is 4.32. The summed E-state index contributed by atoms with van der Waals surface area (Å²) in [6.45, 7) is 1.47. The second kappa shape index (κ2) is 5.86. The van der Waals surface area contributed by atoms with Gasteiger partial charge in [0.2, 0.25) is 0 Å². The Morgan fingerprint density at radius 1 is 1.25 bits per heavy atom. The van der Waals surface area contributed by atoms with Gasteiger partial charge in [-0.2, -0.15) is 0 Å². The van der Waals surface area contributed by atoms with Crippen LogP contribution in [-0.2, 0) is 0 Å². The molecule has 2 nitrogen and oxygen atoms in total. The van der Waals surface area contributed by atoms with E-state index in [0.29, 0.717) is 6.61 Å². The van der Waals surface area contributed by atoms with Crippen LogP contribution in [0, 0.1) is 0 Å². The van der Waals surface area contributed by atoms with Crippen LogP contribution < -0.4 is 9.57 Å². The van der Waals surface area contributed by atoms with Crippen LogP contribution in [0.2, 0.25) is 0 Å². The lowest BCUT2D eigenvalue weighted by atomic mass is 10.3. The smallest absolute Gasteiger partial charge is 0.119 e. The van der Waals surface area contributed by atoms with Crippen molar-refractivity contribution >= 4 is 11.8 Å². The molecule has 0 fully saturated rings. The van der Waals surface area contributed by atoms with Crippen molar-refractivity contribution in [3.05, 3.63) is 30.3 Å². The van der Waals surface area contributed by atoms with Crippen molar-refractivity contribution in [1.29, 1.82) is 0 Å². The summed E-state index contributed by atoms with van der Waals surface area (Å²) in [4.78, 5) is 2.55. The molecule has 0 aliphatic carbocycles. The quantitative estimate of drug-likeness (QED) is 0.561. The van der Waals surface area contributed by atoms with E-state index in [4.69, 9.17) is 16.5 Å². The maximum absolute atomic E-state index is 5.41. The van der Waals surface area contributed by atoms with Crippen LogP contribution in [0.5, 0.6) is 5.75 Å². The Morgan fingerprint density at radius 2 is 2.00 bits per heavy atom. The molecule has 12 heavy (non-hydrogen) atoms. The minimum absolute atomic E-state index is 0.698. The van der Waals surface area contributed by atoms with Gasteiger partial charge in [-0.15, -0.1) is 0 Å². The lowest BCUT2D eigenvalue weighted by molar-refractivity contribution is 0.312. The third-order valence-electron chi connectivity index (χ3n) is 1.43. The maximum atomic E-state index is 5.41. The first-order chi connectivity index (χ1) is 5.93. The fourth-order valence-corrected chi connectivity index (χ4v) is 0.979. The van der Waals surface area contributed by atoms with Gasteiger partial charge in [0.05, 0.1) is 6.61 Å². The van der Waals surface area contributed by atoms with Crippen LogP contribution in [0.1, 0.15) is 6.42 Å². The molecule has 3 heteroatoms. The van der Waals surface area contributed by atoms with Crippen LogP contribution in [0.15, 0.2) is 30.3 Å². The van der Waals surface area contributed by atoms with Crippen molar-refractivity contribution < 1.29 is 4.74 Å². The van der Waals surface area contributed by atoms with E-state index in [1.807, 2.05) is 30.3 Å². The molecule has 0 aromatic heterocycles. The Balaban J connectivity index is 2.16. The van der Waals surface area contributed by atoms with Gasteiger partial charge in [-0.1, -0.05) is 18.2 Å². The zero-order chi connectivity index (χ0) is 8.65. The van der Waals surface area contributed by atoms with Crippen LogP contribution >= 0.6 is 11.8 Å². The predicted molar refractivity (Wildman–Crippen MR) is 50.4 cm³/mol. The molecule has 1 aromatic carbocycles. The molecule has 1 rings (SSSR count). The van der Waals surface area contributed by atoms with E-state index in [1.54, 1.807) is 0 Å². The highest BCUT2D eigenvalue weighted by Crippen LogP contribution is 2.07. The van der Waals surface area contributed by atoms with Gasteiger partial charge < -0.3 is 4.74 Å². The number of nitrogens with one attached hydrogen (secondary N) is 1. The zero-order valence-electron chi connectivity index (χ0n) is 6.79. The summed E-state index contributed by atoms with van der Waals surface area (Å²) in [7, 11) is 0. The van der Waals surface area contributed by atoms with Gasteiger partial charge in [0.15, 0.2) is 0 Å². The van der Waals surface area contributed by atoms with Gasteiger partial charge in [0.25, 0.3) is 0 Å². The maximum Gasteiger partial charge on any atom is 0.119 e. The molecule has 0 spiro atoms. The Labute approximate surface area is 77.6 Å². The molecule has 0 aliphatic heterocycles. The van der Waals surface area contributed by atoms with Gasteiger partial charge in [-0.05, 0) is 30.3 Å². The fourth-order valence-electron chi connectivity index (χ4n) is 0.846. The molecule has 0 aliphatic rings. The van der Waals surface area contributed by atoms with E-state index >= 15 is 0 Å². The van der Waals surface area contributed by atoms with Gasteiger partial charge in [-0.25, -0.2) is 4.84 Å². The van der Waals surface area contributed by atoms with Gasteiger partial charge in [0.1, 0.15) is 5.75 Å². The molecule has 0 saturated carbocycles. The summed E-state index contributed by atoms with van der Waals surface area (Å²) in [5.74, 6) is 0.909. The summed E-state index contributed by atoms with van der Waals surface area (Å²) < 4.78 is 5.41. The van der Waals surface area contributed by atoms with Crippen LogP contribution in [-0.4, -0.2) is 13.2 Å². The van der Waals surface area contributed by atoms with Crippen molar-refractivity contribution in [2.24, 2.45) is 0 Å². The molecule has 66 valence electrons. The number of ether oxygens (including phenoxy) is 1. The predicted octanol–water partition coefficient (Wildman–Crippen LogP) is 2.20. The molecule has 0 heterocycles. The highest BCUT2D eigenvalue weighted by molar-refractivity contribution is 6.13. The molecular formula is C9H12ClNO. The Bertz CT molecular complexity index is 203. The standard InChI is InChI=1S/C9H12ClNO/c10-11-7-4-8-12-9-5-2-1-3-6-9/h1-3,5-6,11H,4,7-8H2. The first kappa shape index (κ1) is 9.36. The van der Waals surface area contributed by atoms with Crippen LogP contribution in [0.4, 0.5) is 0 Å². The van der Waals surface area contributed by atoms with Crippen molar-refractivity contribution in [2.75, 3.05) is 13.2 Å². The SMILES string of the molecule is ClNCCCOc1ccccc1. The minimum atomic E-state index is 0.698.